The summed E-state index contributed by atoms with van der Waals surface area (Å²) in [6.07, 6.45) is 7.19. The lowest BCUT2D eigenvalue weighted by Crippen LogP contribution is -2.22. The molecule has 1 aromatic heterocycles. The molecule has 0 saturated heterocycles. The van der Waals surface area contributed by atoms with E-state index in [2.05, 4.69) is 11.9 Å². The summed E-state index contributed by atoms with van der Waals surface area (Å²) >= 11 is 0. The predicted molar refractivity (Wildman–Crippen MR) is 51.7 cm³/mol. The van der Waals surface area contributed by atoms with E-state index in [1.807, 2.05) is 12.3 Å². The van der Waals surface area contributed by atoms with Gasteiger partial charge < -0.3 is 5.11 Å². The van der Waals surface area contributed by atoms with Gasteiger partial charge in [0.15, 0.2) is 0 Å². The third-order valence-electron chi connectivity index (χ3n) is 3.11. The van der Waals surface area contributed by atoms with Crippen LogP contribution < -0.4 is 0 Å². The molecule has 1 heterocycles. The van der Waals surface area contributed by atoms with E-state index in [1.54, 1.807) is 0 Å². The largest absolute Gasteiger partial charge is 0.506 e. The molecule has 13 heavy (non-hydrogen) atoms. The minimum Gasteiger partial charge on any atom is -0.506 e. The molecule has 0 aliphatic heterocycles. The smallest absolute Gasteiger partial charge is 0.134 e. The van der Waals surface area contributed by atoms with Crippen molar-refractivity contribution in [3.8, 4) is 5.75 Å². The summed E-state index contributed by atoms with van der Waals surface area (Å²) in [5.41, 5.74) is 1.21. The maximum absolute atomic E-state index is 9.28. The molecule has 2 unspecified atom stereocenters. The van der Waals surface area contributed by atoms with E-state index in [0.29, 0.717) is 11.7 Å². The molecule has 0 spiro atoms. The summed E-state index contributed by atoms with van der Waals surface area (Å²) in [6.45, 7) is 2.23. The molecule has 1 fully saturated rings. The Morgan fingerprint density at radius 2 is 2.31 bits per heavy atom. The second-order valence-electron chi connectivity index (χ2n) is 3.83. The zero-order valence-corrected chi connectivity index (χ0v) is 7.90. The lowest BCUT2D eigenvalue weighted by atomic mass is 9.69. The van der Waals surface area contributed by atoms with Crippen LogP contribution in [0.4, 0.5) is 0 Å². The molecule has 0 bridgehead atoms. The van der Waals surface area contributed by atoms with Gasteiger partial charge in [-0.15, -0.1) is 0 Å². The fourth-order valence-corrected chi connectivity index (χ4v) is 2.14. The quantitative estimate of drug-likeness (QED) is 0.753. The lowest BCUT2D eigenvalue weighted by molar-refractivity contribution is 0.246. The highest BCUT2D eigenvalue weighted by Gasteiger charge is 2.30. The van der Waals surface area contributed by atoms with E-state index in [4.69, 9.17) is 0 Å². The highest BCUT2D eigenvalue weighted by molar-refractivity contribution is 5.27. The number of hydrogen-bond donors (Lipinski definition) is 1. The zero-order chi connectivity index (χ0) is 9.26. The van der Waals surface area contributed by atoms with E-state index in [-0.39, 0.29) is 0 Å². The van der Waals surface area contributed by atoms with E-state index < -0.39 is 0 Å². The maximum Gasteiger partial charge on any atom is 0.134 e. The second-order valence-corrected chi connectivity index (χ2v) is 3.83. The minimum absolute atomic E-state index is 0.291. The molecule has 1 aliphatic carbocycles. The van der Waals surface area contributed by atoms with Gasteiger partial charge in [0.2, 0.25) is 0 Å². The van der Waals surface area contributed by atoms with Crippen LogP contribution in [0.15, 0.2) is 18.5 Å². The van der Waals surface area contributed by atoms with Crippen LogP contribution in [-0.2, 0) is 0 Å². The Balaban J connectivity index is 2.16. The van der Waals surface area contributed by atoms with Crippen molar-refractivity contribution in [3.63, 3.8) is 0 Å². The first-order valence-corrected chi connectivity index (χ1v) is 4.95. The molecule has 1 aliphatic rings. The highest BCUT2D eigenvalue weighted by atomic mass is 16.3. The Morgan fingerprint density at radius 3 is 2.85 bits per heavy atom. The third kappa shape index (κ3) is 1.53. The number of aromatic hydroxyl groups is 1. The van der Waals surface area contributed by atoms with E-state index in [1.165, 1.54) is 31.0 Å². The van der Waals surface area contributed by atoms with Crippen LogP contribution in [0, 0.1) is 5.92 Å². The first-order chi connectivity index (χ1) is 6.31. The summed E-state index contributed by atoms with van der Waals surface area (Å²) in [5.74, 6) is 1.74. The molecule has 0 amide bonds. The molecule has 1 N–H and O–H groups in total. The summed E-state index contributed by atoms with van der Waals surface area (Å²) in [7, 11) is 0. The van der Waals surface area contributed by atoms with Gasteiger partial charge in [-0.3, -0.25) is 4.98 Å². The van der Waals surface area contributed by atoms with Gasteiger partial charge >= 0.3 is 0 Å². The van der Waals surface area contributed by atoms with Gasteiger partial charge in [0, 0.05) is 6.20 Å². The van der Waals surface area contributed by atoms with Gasteiger partial charge in [0.05, 0.1) is 6.20 Å². The molecule has 70 valence electrons. The fourth-order valence-electron chi connectivity index (χ4n) is 2.14. The molecular formula is C11H15NO. The number of rotatable bonds is 2. The lowest BCUT2D eigenvalue weighted by Gasteiger charge is -2.36. The summed E-state index contributed by atoms with van der Waals surface area (Å²) < 4.78 is 0. The van der Waals surface area contributed by atoms with Crippen molar-refractivity contribution < 1.29 is 5.11 Å². The van der Waals surface area contributed by atoms with Crippen molar-refractivity contribution >= 4 is 0 Å². The van der Waals surface area contributed by atoms with Crippen LogP contribution in [-0.4, -0.2) is 10.1 Å². The Bertz CT molecular complexity index is 296. The van der Waals surface area contributed by atoms with Crippen molar-refractivity contribution in [3.05, 3.63) is 24.0 Å². The van der Waals surface area contributed by atoms with Crippen molar-refractivity contribution in [2.75, 3.05) is 0 Å². The second kappa shape index (κ2) is 3.36. The van der Waals surface area contributed by atoms with Crippen LogP contribution in [0.2, 0.25) is 0 Å². The van der Waals surface area contributed by atoms with Gasteiger partial charge in [-0.05, 0) is 36.3 Å². The average molecular weight is 177 g/mol. The first-order valence-electron chi connectivity index (χ1n) is 4.95. The Kier molecular flexibility index (Phi) is 2.21. The molecule has 0 radical (unpaired) electrons. The molecular weight excluding hydrogens is 162 g/mol. The number of hydrogen-bond acceptors (Lipinski definition) is 2. The minimum atomic E-state index is 0.291. The number of nitrogens with zero attached hydrogens (tertiary/aromatic N) is 1. The van der Waals surface area contributed by atoms with Gasteiger partial charge in [-0.2, -0.15) is 0 Å². The summed E-state index contributed by atoms with van der Waals surface area (Å²) in [4.78, 5) is 4.01. The standard InChI is InChI=1S/C11H15NO/c1-2-8-3-4-11(8)9-5-10(13)7-12-6-9/h5-8,11,13H,2-4H2,1H3. The Labute approximate surface area is 78.6 Å². The Hall–Kier alpha value is -1.05. The zero-order valence-electron chi connectivity index (χ0n) is 7.90. The van der Waals surface area contributed by atoms with Crippen LogP contribution in [0.1, 0.15) is 37.7 Å². The SMILES string of the molecule is CCC1CCC1c1cncc(O)c1. The normalized spacial score (nSPS) is 26.8. The van der Waals surface area contributed by atoms with Gasteiger partial charge in [-0.1, -0.05) is 13.3 Å². The van der Waals surface area contributed by atoms with E-state index >= 15 is 0 Å². The molecule has 2 heteroatoms. The van der Waals surface area contributed by atoms with Crippen molar-refractivity contribution in [2.24, 2.45) is 5.92 Å². The van der Waals surface area contributed by atoms with Crippen LogP contribution in [0.5, 0.6) is 5.75 Å². The van der Waals surface area contributed by atoms with Gasteiger partial charge in [-0.25, -0.2) is 0 Å². The maximum atomic E-state index is 9.28. The van der Waals surface area contributed by atoms with Crippen molar-refractivity contribution in [1.29, 1.82) is 0 Å². The summed E-state index contributed by atoms with van der Waals surface area (Å²) in [6, 6.07) is 1.85. The molecule has 2 nitrogen and oxygen atoms in total. The fraction of sp³-hybridized carbons (Fsp3) is 0.545. The summed E-state index contributed by atoms with van der Waals surface area (Å²) in [5, 5.41) is 9.28. The van der Waals surface area contributed by atoms with Crippen molar-refractivity contribution in [1.82, 2.24) is 4.98 Å². The number of aromatic nitrogens is 1. The van der Waals surface area contributed by atoms with E-state index in [9.17, 15) is 5.11 Å². The van der Waals surface area contributed by atoms with Gasteiger partial charge in [0.1, 0.15) is 5.75 Å². The van der Waals surface area contributed by atoms with Crippen LogP contribution >= 0.6 is 0 Å². The van der Waals surface area contributed by atoms with Gasteiger partial charge in [0.25, 0.3) is 0 Å². The van der Waals surface area contributed by atoms with Crippen molar-refractivity contribution in [2.45, 2.75) is 32.1 Å². The average Bonchev–Trinajstić information content (AvgIpc) is 2.03. The number of pyridine rings is 1. The first kappa shape index (κ1) is 8.54. The van der Waals surface area contributed by atoms with Crippen LogP contribution in [0.25, 0.3) is 0 Å². The topological polar surface area (TPSA) is 33.1 Å². The third-order valence-corrected chi connectivity index (χ3v) is 3.11. The van der Waals surface area contributed by atoms with Crippen LogP contribution in [0.3, 0.4) is 0 Å². The molecule has 2 atom stereocenters. The Morgan fingerprint density at radius 1 is 1.46 bits per heavy atom. The van der Waals surface area contributed by atoms with E-state index in [0.717, 1.165) is 5.92 Å². The molecule has 0 aromatic carbocycles. The molecule has 1 saturated carbocycles. The predicted octanol–water partition coefficient (Wildman–Crippen LogP) is 2.69. The highest BCUT2D eigenvalue weighted by Crippen LogP contribution is 2.44. The molecule has 1 aromatic rings. The monoisotopic (exact) mass is 177 g/mol. The molecule has 2 rings (SSSR count).